The van der Waals surface area contributed by atoms with Gasteiger partial charge in [-0.05, 0) is 43.2 Å². The molecule has 154 valence electrons. The van der Waals surface area contributed by atoms with Crippen LogP contribution in [0.1, 0.15) is 32.6 Å². The number of halogens is 2. The molecule has 28 heavy (non-hydrogen) atoms. The number of carbonyl (C=O) groups excluding carboxylic acids is 2. The van der Waals surface area contributed by atoms with E-state index < -0.39 is 5.82 Å². The second kappa shape index (κ2) is 9.45. The van der Waals surface area contributed by atoms with Gasteiger partial charge in [-0.2, -0.15) is 0 Å². The Morgan fingerprint density at radius 1 is 1.29 bits per heavy atom. The molecule has 8 heteroatoms. The number of benzene rings is 1. The minimum atomic E-state index is -0.582. The highest BCUT2D eigenvalue weighted by molar-refractivity contribution is 6.30. The van der Waals surface area contributed by atoms with Gasteiger partial charge in [0, 0.05) is 25.2 Å². The Hall–Kier alpha value is -2.02. The summed E-state index contributed by atoms with van der Waals surface area (Å²) in [4.78, 5) is 26.0. The predicted molar refractivity (Wildman–Crippen MR) is 103 cm³/mol. The number of fused-ring (bicyclic) bond motifs is 1. The van der Waals surface area contributed by atoms with Crippen LogP contribution in [0.25, 0.3) is 0 Å². The van der Waals surface area contributed by atoms with Crippen molar-refractivity contribution in [2.24, 2.45) is 11.8 Å². The van der Waals surface area contributed by atoms with Gasteiger partial charge in [0.2, 0.25) is 0 Å². The fraction of sp³-hybridized carbons (Fsp3) is 0.600. The first-order valence-electron chi connectivity index (χ1n) is 9.75. The third kappa shape index (κ3) is 5.28. The van der Waals surface area contributed by atoms with Crippen molar-refractivity contribution in [1.29, 1.82) is 0 Å². The molecular formula is C20H26ClFN2O4. The van der Waals surface area contributed by atoms with E-state index in [-0.39, 0.29) is 35.4 Å². The molecular weight excluding hydrogens is 387 g/mol. The van der Waals surface area contributed by atoms with E-state index in [4.69, 9.17) is 21.1 Å². The number of likely N-dealkylation sites (tertiary alicyclic amines) is 1. The van der Waals surface area contributed by atoms with E-state index in [1.54, 1.807) is 4.90 Å². The lowest BCUT2D eigenvalue weighted by Gasteiger charge is -2.19. The zero-order chi connectivity index (χ0) is 20.1. The topological polar surface area (TPSA) is 67.9 Å². The summed E-state index contributed by atoms with van der Waals surface area (Å²) >= 11 is 5.62. The van der Waals surface area contributed by atoms with Crippen LogP contribution in [0.3, 0.4) is 0 Å². The van der Waals surface area contributed by atoms with E-state index in [2.05, 4.69) is 12.2 Å². The van der Waals surface area contributed by atoms with E-state index in [9.17, 15) is 14.0 Å². The first-order valence-corrected chi connectivity index (χ1v) is 10.1. The number of nitrogens with zero attached hydrogens (tertiary/aromatic N) is 1. The minimum absolute atomic E-state index is 0.0117. The van der Waals surface area contributed by atoms with E-state index in [0.29, 0.717) is 31.5 Å². The third-order valence-electron chi connectivity index (χ3n) is 5.36. The van der Waals surface area contributed by atoms with Gasteiger partial charge in [0.05, 0.1) is 11.6 Å². The quantitative estimate of drug-likeness (QED) is 0.694. The third-order valence-corrected chi connectivity index (χ3v) is 5.67. The molecule has 2 fully saturated rings. The molecule has 0 bridgehead atoms. The number of unbranched alkanes of at least 4 members (excludes halogenated alkanes) is 1. The molecule has 3 rings (SSSR count). The van der Waals surface area contributed by atoms with Crippen LogP contribution >= 0.6 is 11.6 Å². The summed E-state index contributed by atoms with van der Waals surface area (Å²) in [5.74, 6) is 0.209. The standard InChI is InChI=1S/C20H26ClFN2O4/c1-2-3-6-27-20(26)24-10-13-7-15(8-14(13)11-24)23-19(25)12-28-16-4-5-17(21)18(22)9-16/h4-5,9,13-15H,2-3,6-8,10-12H2,1H3,(H,23,25). The summed E-state index contributed by atoms with van der Waals surface area (Å²) in [6.45, 7) is 3.71. The number of hydrogen-bond acceptors (Lipinski definition) is 4. The molecule has 1 saturated heterocycles. The lowest BCUT2D eigenvalue weighted by atomic mass is 10.0. The minimum Gasteiger partial charge on any atom is -0.484 e. The highest BCUT2D eigenvalue weighted by atomic mass is 35.5. The maximum atomic E-state index is 13.4. The van der Waals surface area contributed by atoms with Gasteiger partial charge < -0.3 is 19.7 Å². The molecule has 0 spiro atoms. The summed E-state index contributed by atoms with van der Waals surface area (Å²) in [6, 6.07) is 4.14. The maximum Gasteiger partial charge on any atom is 0.409 e. The highest BCUT2D eigenvalue weighted by Crippen LogP contribution is 2.38. The molecule has 1 aromatic carbocycles. The van der Waals surface area contributed by atoms with Crippen molar-refractivity contribution in [2.45, 2.75) is 38.6 Å². The number of ether oxygens (including phenoxy) is 2. The molecule has 2 amide bonds. The molecule has 1 aliphatic carbocycles. The lowest BCUT2D eigenvalue weighted by molar-refractivity contribution is -0.123. The smallest absolute Gasteiger partial charge is 0.409 e. The van der Waals surface area contributed by atoms with Crippen molar-refractivity contribution in [3.05, 3.63) is 29.0 Å². The predicted octanol–water partition coefficient (Wildman–Crippen LogP) is 3.62. The number of hydrogen-bond donors (Lipinski definition) is 1. The number of nitrogens with one attached hydrogen (secondary N) is 1. The Morgan fingerprint density at radius 3 is 2.64 bits per heavy atom. The molecule has 0 aromatic heterocycles. The van der Waals surface area contributed by atoms with Gasteiger partial charge >= 0.3 is 6.09 Å². The molecule has 1 aliphatic heterocycles. The van der Waals surface area contributed by atoms with Crippen molar-refractivity contribution >= 4 is 23.6 Å². The zero-order valence-electron chi connectivity index (χ0n) is 16.0. The molecule has 1 heterocycles. The van der Waals surface area contributed by atoms with Gasteiger partial charge in [-0.15, -0.1) is 0 Å². The van der Waals surface area contributed by atoms with E-state index in [1.165, 1.54) is 12.1 Å². The fourth-order valence-corrected chi connectivity index (χ4v) is 4.06. The maximum absolute atomic E-state index is 13.4. The Kier molecular flexibility index (Phi) is 6.99. The first-order chi connectivity index (χ1) is 13.5. The van der Waals surface area contributed by atoms with Gasteiger partial charge in [0.1, 0.15) is 11.6 Å². The summed E-state index contributed by atoms with van der Waals surface area (Å²) in [5.41, 5.74) is 0. The SMILES string of the molecule is CCCCOC(=O)N1CC2CC(NC(=O)COc3ccc(Cl)c(F)c3)CC2C1. The van der Waals surface area contributed by atoms with Crippen LogP contribution in [0.2, 0.25) is 5.02 Å². The average molecular weight is 413 g/mol. The van der Waals surface area contributed by atoms with Gasteiger partial charge in [-0.1, -0.05) is 24.9 Å². The van der Waals surface area contributed by atoms with Crippen LogP contribution in [0.4, 0.5) is 9.18 Å². The van der Waals surface area contributed by atoms with E-state index in [0.717, 1.165) is 31.7 Å². The monoisotopic (exact) mass is 412 g/mol. The average Bonchev–Trinajstić information content (AvgIpc) is 3.21. The normalized spacial score (nSPS) is 23.4. The van der Waals surface area contributed by atoms with Crippen LogP contribution in [0.15, 0.2) is 18.2 Å². The van der Waals surface area contributed by atoms with Crippen molar-refractivity contribution in [2.75, 3.05) is 26.3 Å². The van der Waals surface area contributed by atoms with Gasteiger partial charge in [0.25, 0.3) is 5.91 Å². The number of carbonyl (C=O) groups is 2. The van der Waals surface area contributed by atoms with Crippen molar-refractivity contribution in [1.82, 2.24) is 10.2 Å². The molecule has 1 saturated carbocycles. The zero-order valence-corrected chi connectivity index (χ0v) is 16.7. The Balaban J connectivity index is 1.38. The second-order valence-corrected chi connectivity index (χ2v) is 7.90. The van der Waals surface area contributed by atoms with Gasteiger partial charge in [-0.3, -0.25) is 4.79 Å². The van der Waals surface area contributed by atoms with Crippen molar-refractivity contribution in [3.63, 3.8) is 0 Å². The number of rotatable bonds is 7. The summed E-state index contributed by atoms with van der Waals surface area (Å²) in [5, 5.41) is 2.98. The Morgan fingerprint density at radius 2 is 2.00 bits per heavy atom. The van der Waals surface area contributed by atoms with Crippen LogP contribution in [-0.4, -0.2) is 49.2 Å². The first kappa shape index (κ1) is 20.7. The Bertz CT molecular complexity index is 703. The summed E-state index contributed by atoms with van der Waals surface area (Å²) in [7, 11) is 0. The summed E-state index contributed by atoms with van der Waals surface area (Å²) in [6.07, 6.45) is 3.32. The molecule has 2 atom stereocenters. The fourth-order valence-electron chi connectivity index (χ4n) is 3.95. The van der Waals surface area contributed by atoms with Crippen molar-refractivity contribution in [3.8, 4) is 5.75 Å². The van der Waals surface area contributed by atoms with E-state index >= 15 is 0 Å². The molecule has 1 N–H and O–H groups in total. The molecule has 2 aliphatic rings. The van der Waals surface area contributed by atoms with Crippen LogP contribution < -0.4 is 10.1 Å². The molecule has 0 radical (unpaired) electrons. The van der Waals surface area contributed by atoms with Crippen LogP contribution in [-0.2, 0) is 9.53 Å². The highest BCUT2D eigenvalue weighted by Gasteiger charge is 2.43. The lowest BCUT2D eigenvalue weighted by Crippen LogP contribution is -2.38. The second-order valence-electron chi connectivity index (χ2n) is 7.49. The van der Waals surface area contributed by atoms with Crippen molar-refractivity contribution < 1.29 is 23.5 Å². The van der Waals surface area contributed by atoms with Crippen LogP contribution in [0.5, 0.6) is 5.75 Å². The Labute approximate surface area is 169 Å². The van der Waals surface area contributed by atoms with Crippen LogP contribution in [0, 0.1) is 17.7 Å². The molecule has 6 nitrogen and oxygen atoms in total. The van der Waals surface area contributed by atoms with E-state index in [1.807, 2.05) is 0 Å². The molecule has 1 aromatic rings. The number of amides is 2. The van der Waals surface area contributed by atoms with Gasteiger partial charge in [-0.25, -0.2) is 9.18 Å². The molecule has 2 unspecified atom stereocenters. The largest absolute Gasteiger partial charge is 0.484 e. The summed E-state index contributed by atoms with van der Waals surface area (Å²) < 4.78 is 24.0. The van der Waals surface area contributed by atoms with Gasteiger partial charge in [0.15, 0.2) is 6.61 Å².